The predicted molar refractivity (Wildman–Crippen MR) is 80.7 cm³/mol. The molecule has 0 amide bonds. The largest absolute Gasteiger partial charge is 0.494 e. The Balaban J connectivity index is 2.06. The van der Waals surface area contributed by atoms with Gasteiger partial charge in [-0.05, 0) is 12.1 Å². The summed E-state index contributed by atoms with van der Waals surface area (Å²) in [5.74, 6) is -0.00973. The summed E-state index contributed by atoms with van der Waals surface area (Å²) in [6.45, 7) is 1.62. The number of halogens is 3. The van der Waals surface area contributed by atoms with Crippen molar-refractivity contribution in [2.75, 3.05) is 31.6 Å². The Hall–Kier alpha value is -2.09. The SMILES string of the molecule is COc1ccc2c(N3CCNCC3CC(F)F)ncnc2c1F. The lowest BCUT2D eigenvalue weighted by molar-refractivity contribution is 0.124. The quantitative estimate of drug-likeness (QED) is 0.934. The third-order valence-electron chi connectivity index (χ3n) is 3.98. The van der Waals surface area contributed by atoms with Gasteiger partial charge in [-0.1, -0.05) is 0 Å². The molecule has 0 radical (unpaired) electrons. The zero-order valence-electron chi connectivity index (χ0n) is 12.6. The molecule has 8 heteroatoms. The number of hydrogen-bond acceptors (Lipinski definition) is 5. The van der Waals surface area contributed by atoms with Gasteiger partial charge in [0, 0.05) is 37.5 Å². The normalized spacial score (nSPS) is 18.7. The van der Waals surface area contributed by atoms with E-state index in [4.69, 9.17) is 4.74 Å². The maximum atomic E-state index is 14.4. The first-order valence-corrected chi connectivity index (χ1v) is 7.34. The van der Waals surface area contributed by atoms with E-state index in [9.17, 15) is 13.2 Å². The van der Waals surface area contributed by atoms with Crippen LogP contribution < -0.4 is 15.0 Å². The molecule has 124 valence electrons. The molecule has 1 aliphatic rings. The fourth-order valence-corrected chi connectivity index (χ4v) is 2.91. The van der Waals surface area contributed by atoms with Crippen LogP contribution in [0.3, 0.4) is 0 Å². The summed E-state index contributed by atoms with van der Waals surface area (Å²) < 4.78 is 45.0. The van der Waals surface area contributed by atoms with E-state index in [1.54, 1.807) is 11.0 Å². The zero-order chi connectivity index (χ0) is 16.4. The van der Waals surface area contributed by atoms with E-state index in [1.165, 1.54) is 19.5 Å². The molecule has 1 unspecified atom stereocenters. The highest BCUT2D eigenvalue weighted by Gasteiger charge is 2.28. The van der Waals surface area contributed by atoms with Gasteiger partial charge in [0.25, 0.3) is 0 Å². The summed E-state index contributed by atoms with van der Waals surface area (Å²) in [6.07, 6.45) is -1.42. The lowest BCUT2D eigenvalue weighted by Crippen LogP contribution is -2.52. The van der Waals surface area contributed by atoms with Crippen molar-refractivity contribution in [2.24, 2.45) is 0 Å². The number of hydrogen-bond donors (Lipinski definition) is 1. The fraction of sp³-hybridized carbons (Fsp3) is 0.467. The number of aromatic nitrogens is 2. The fourth-order valence-electron chi connectivity index (χ4n) is 2.91. The molecule has 23 heavy (non-hydrogen) atoms. The van der Waals surface area contributed by atoms with Gasteiger partial charge in [-0.2, -0.15) is 0 Å². The van der Waals surface area contributed by atoms with Crippen molar-refractivity contribution >= 4 is 16.7 Å². The van der Waals surface area contributed by atoms with Crippen LogP contribution in [0.5, 0.6) is 5.75 Å². The molecule has 0 spiro atoms. The van der Waals surface area contributed by atoms with E-state index in [0.717, 1.165) is 0 Å². The minimum absolute atomic E-state index is 0.0894. The van der Waals surface area contributed by atoms with Crippen molar-refractivity contribution in [3.05, 3.63) is 24.3 Å². The Morgan fingerprint density at radius 1 is 1.39 bits per heavy atom. The Kier molecular flexibility index (Phi) is 4.51. The van der Waals surface area contributed by atoms with Crippen LogP contribution in [0, 0.1) is 5.82 Å². The average molecular weight is 326 g/mol. The first kappa shape index (κ1) is 15.8. The topological polar surface area (TPSA) is 50.3 Å². The molecule has 1 aromatic carbocycles. The Morgan fingerprint density at radius 3 is 2.96 bits per heavy atom. The molecule has 1 saturated heterocycles. The molecule has 1 N–H and O–H groups in total. The number of ether oxygens (including phenoxy) is 1. The molecule has 5 nitrogen and oxygen atoms in total. The van der Waals surface area contributed by atoms with Crippen molar-refractivity contribution < 1.29 is 17.9 Å². The summed E-state index contributed by atoms with van der Waals surface area (Å²) in [5, 5.41) is 3.60. The van der Waals surface area contributed by atoms with E-state index in [1.807, 2.05) is 0 Å². The van der Waals surface area contributed by atoms with Gasteiger partial charge >= 0.3 is 0 Å². The molecule has 0 saturated carbocycles. The van der Waals surface area contributed by atoms with E-state index < -0.39 is 18.3 Å². The Labute approximate surface area is 131 Å². The van der Waals surface area contributed by atoms with Crippen LogP contribution in [-0.4, -0.2) is 49.2 Å². The molecule has 2 heterocycles. The predicted octanol–water partition coefficient (Wildman–Crippen LogP) is 2.21. The molecule has 1 fully saturated rings. The van der Waals surface area contributed by atoms with Crippen LogP contribution in [0.2, 0.25) is 0 Å². The zero-order valence-corrected chi connectivity index (χ0v) is 12.6. The highest BCUT2D eigenvalue weighted by molar-refractivity contribution is 5.91. The average Bonchev–Trinajstić information content (AvgIpc) is 2.55. The highest BCUT2D eigenvalue weighted by Crippen LogP contribution is 2.31. The monoisotopic (exact) mass is 326 g/mol. The first-order valence-electron chi connectivity index (χ1n) is 7.34. The number of nitrogens with zero attached hydrogens (tertiary/aromatic N) is 3. The van der Waals surface area contributed by atoms with Crippen molar-refractivity contribution in [3.63, 3.8) is 0 Å². The van der Waals surface area contributed by atoms with Crippen molar-refractivity contribution in [1.29, 1.82) is 0 Å². The highest BCUT2D eigenvalue weighted by atomic mass is 19.3. The maximum absolute atomic E-state index is 14.4. The third kappa shape index (κ3) is 3.03. The number of benzene rings is 1. The molecular formula is C15H17F3N4O. The Morgan fingerprint density at radius 2 is 2.22 bits per heavy atom. The standard InChI is InChI=1S/C15H17F3N4O/c1-23-11-3-2-10-14(13(11)18)20-8-21-15(10)22-5-4-19-7-9(22)6-12(16)17/h2-3,8-9,12,19H,4-7H2,1H3. The van der Waals surface area contributed by atoms with Gasteiger partial charge in [0.1, 0.15) is 17.7 Å². The number of fused-ring (bicyclic) bond motifs is 1. The second-order valence-corrected chi connectivity index (χ2v) is 5.35. The number of methoxy groups -OCH3 is 1. The van der Waals surface area contributed by atoms with Crippen molar-refractivity contribution in [3.8, 4) is 5.75 Å². The lowest BCUT2D eigenvalue weighted by atomic mass is 10.1. The van der Waals surface area contributed by atoms with Crippen LogP contribution in [-0.2, 0) is 0 Å². The summed E-state index contributed by atoms with van der Waals surface area (Å²) in [7, 11) is 1.38. The van der Waals surface area contributed by atoms with Crippen LogP contribution in [0.4, 0.5) is 19.0 Å². The second-order valence-electron chi connectivity index (χ2n) is 5.35. The smallest absolute Gasteiger partial charge is 0.240 e. The molecule has 0 aliphatic carbocycles. The van der Waals surface area contributed by atoms with Gasteiger partial charge in [-0.25, -0.2) is 23.1 Å². The van der Waals surface area contributed by atoms with Gasteiger partial charge < -0.3 is 15.0 Å². The van der Waals surface area contributed by atoms with E-state index in [2.05, 4.69) is 15.3 Å². The second kappa shape index (κ2) is 6.57. The number of piperazine rings is 1. The minimum Gasteiger partial charge on any atom is -0.494 e. The number of nitrogens with one attached hydrogen (secondary N) is 1. The molecular weight excluding hydrogens is 309 g/mol. The molecule has 1 atom stereocenters. The van der Waals surface area contributed by atoms with Gasteiger partial charge in [0.2, 0.25) is 6.43 Å². The number of rotatable bonds is 4. The Bertz CT molecular complexity index is 698. The van der Waals surface area contributed by atoms with Crippen molar-refractivity contribution in [2.45, 2.75) is 18.9 Å². The van der Waals surface area contributed by atoms with E-state index >= 15 is 0 Å². The van der Waals surface area contributed by atoms with Crippen LogP contribution in [0.25, 0.3) is 10.9 Å². The maximum Gasteiger partial charge on any atom is 0.240 e. The van der Waals surface area contributed by atoms with E-state index in [0.29, 0.717) is 30.8 Å². The summed E-state index contributed by atoms with van der Waals surface area (Å²) in [4.78, 5) is 10.00. The molecule has 1 aromatic heterocycles. The van der Waals surface area contributed by atoms with Gasteiger partial charge in [0.05, 0.1) is 7.11 Å². The molecule has 0 bridgehead atoms. The van der Waals surface area contributed by atoms with Gasteiger partial charge in [0.15, 0.2) is 11.6 Å². The molecule has 2 aromatic rings. The number of anilines is 1. The van der Waals surface area contributed by atoms with Crippen LogP contribution in [0.1, 0.15) is 6.42 Å². The summed E-state index contributed by atoms with van der Waals surface area (Å²) >= 11 is 0. The third-order valence-corrected chi connectivity index (χ3v) is 3.98. The number of alkyl halides is 2. The summed E-state index contributed by atoms with van der Waals surface area (Å²) in [6, 6.07) is 2.76. The van der Waals surface area contributed by atoms with Crippen molar-refractivity contribution in [1.82, 2.24) is 15.3 Å². The first-order chi connectivity index (χ1) is 11.1. The minimum atomic E-state index is -2.41. The van der Waals surface area contributed by atoms with E-state index in [-0.39, 0.29) is 17.7 Å². The van der Waals surface area contributed by atoms with Gasteiger partial charge in [-0.3, -0.25) is 0 Å². The van der Waals surface area contributed by atoms with Crippen LogP contribution >= 0.6 is 0 Å². The molecule has 3 rings (SSSR count). The van der Waals surface area contributed by atoms with Gasteiger partial charge in [-0.15, -0.1) is 0 Å². The molecule has 1 aliphatic heterocycles. The summed E-state index contributed by atoms with van der Waals surface area (Å²) in [5.41, 5.74) is 0.128. The lowest BCUT2D eigenvalue weighted by Gasteiger charge is -2.37. The van der Waals surface area contributed by atoms with Crippen LogP contribution in [0.15, 0.2) is 18.5 Å².